The number of pyridine rings is 1. The third kappa shape index (κ3) is 2.64. The lowest BCUT2D eigenvalue weighted by Crippen LogP contribution is -2.47. The lowest BCUT2D eigenvalue weighted by atomic mass is 9.80. The SMILES string of the molecule is Cc1cccn2c(CNC(=O)[C@@]34CNC[C@@H]3CN(C(=O)C3CC3)C4)cnc12. The Labute approximate surface area is 158 Å². The first-order chi connectivity index (χ1) is 13.1. The number of amides is 2. The molecule has 1 aliphatic carbocycles. The zero-order chi connectivity index (χ0) is 18.6. The summed E-state index contributed by atoms with van der Waals surface area (Å²) in [6.07, 6.45) is 5.80. The Hall–Kier alpha value is -2.41. The number of fused-ring (bicyclic) bond motifs is 2. The summed E-state index contributed by atoms with van der Waals surface area (Å²) in [6, 6.07) is 4.02. The van der Waals surface area contributed by atoms with Gasteiger partial charge in [-0.15, -0.1) is 0 Å². The summed E-state index contributed by atoms with van der Waals surface area (Å²) < 4.78 is 2.02. The zero-order valence-corrected chi connectivity index (χ0v) is 15.6. The maximum atomic E-state index is 13.2. The van der Waals surface area contributed by atoms with Crippen molar-refractivity contribution in [2.45, 2.75) is 26.3 Å². The van der Waals surface area contributed by atoms with Crippen LogP contribution in [-0.4, -0.2) is 52.3 Å². The molecule has 2 aromatic heterocycles. The van der Waals surface area contributed by atoms with Crippen molar-refractivity contribution in [2.75, 3.05) is 26.2 Å². The average Bonchev–Trinajstić information content (AvgIpc) is 3.13. The lowest BCUT2D eigenvalue weighted by molar-refractivity contribution is -0.134. The first kappa shape index (κ1) is 16.7. The highest BCUT2D eigenvalue weighted by Crippen LogP contribution is 2.42. The van der Waals surface area contributed by atoms with E-state index in [1.54, 1.807) is 0 Å². The van der Waals surface area contributed by atoms with Gasteiger partial charge in [0.25, 0.3) is 0 Å². The summed E-state index contributed by atoms with van der Waals surface area (Å²) >= 11 is 0. The van der Waals surface area contributed by atoms with Gasteiger partial charge >= 0.3 is 0 Å². The Balaban J connectivity index is 1.32. The third-order valence-electron chi connectivity index (χ3n) is 6.45. The van der Waals surface area contributed by atoms with Gasteiger partial charge in [0, 0.05) is 44.2 Å². The van der Waals surface area contributed by atoms with Crippen LogP contribution < -0.4 is 10.6 Å². The zero-order valence-electron chi connectivity index (χ0n) is 15.6. The topological polar surface area (TPSA) is 78.7 Å². The fraction of sp³-hybridized carbons (Fsp3) is 0.550. The van der Waals surface area contributed by atoms with Crippen molar-refractivity contribution in [2.24, 2.45) is 17.3 Å². The van der Waals surface area contributed by atoms with Crippen molar-refractivity contribution in [3.05, 3.63) is 35.8 Å². The summed E-state index contributed by atoms with van der Waals surface area (Å²) in [6.45, 7) is 5.15. The second-order valence-electron chi connectivity index (χ2n) is 8.29. The van der Waals surface area contributed by atoms with E-state index < -0.39 is 5.41 Å². The van der Waals surface area contributed by atoms with Crippen molar-refractivity contribution in [1.82, 2.24) is 24.9 Å². The van der Waals surface area contributed by atoms with Crippen LogP contribution in [-0.2, 0) is 16.1 Å². The van der Waals surface area contributed by atoms with Gasteiger partial charge in [-0.25, -0.2) is 4.98 Å². The standard InChI is InChI=1S/C20H25N5O2/c1-13-3-2-6-25-16(8-22-17(13)25)9-23-19(27)20-11-21-7-15(20)10-24(12-20)18(26)14-4-5-14/h2-3,6,8,14-15,21H,4-5,7,9-12H2,1H3,(H,23,27)/t15-,20-/m1/s1. The molecule has 2 atom stereocenters. The third-order valence-corrected chi connectivity index (χ3v) is 6.45. The van der Waals surface area contributed by atoms with Gasteiger partial charge in [0.05, 0.1) is 23.9 Å². The number of hydrogen-bond donors (Lipinski definition) is 2. The first-order valence-electron chi connectivity index (χ1n) is 9.78. The fourth-order valence-electron chi connectivity index (χ4n) is 4.68. The normalized spacial score (nSPS) is 27.1. The van der Waals surface area contributed by atoms with Gasteiger partial charge in [-0.3, -0.25) is 9.59 Å². The van der Waals surface area contributed by atoms with E-state index in [0.29, 0.717) is 26.2 Å². The highest BCUT2D eigenvalue weighted by molar-refractivity contribution is 5.87. The van der Waals surface area contributed by atoms with Gasteiger partial charge in [-0.2, -0.15) is 0 Å². The van der Waals surface area contributed by atoms with Crippen molar-refractivity contribution in [1.29, 1.82) is 0 Å². The van der Waals surface area contributed by atoms with Crippen LogP contribution in [0, 0.1) is 24.2 Å². The maximum absolute atomic E-state index is 13.2. The second kappa shape index (κ2) is 6.05. The van der Waals surface area contributed by atoms with Gasteiger partial charge < -0.3 is 19.9 Å². The molecule has 2 saturated heterocycles. The molecule has 0 aromatic carbocycles. The molecule has 1 saturated carbocycles. The number of aryl methyl sites for hydroxylation is 1. The van der Waals surface area contributed by atoms with Crippen LogP contribution in [0.2, 0.25) is 0 Å². The minimum Gasteiger partial charge on any atom is -0.350 e. The van der Waals surface area contributed by atoms with Crippen LogP contribution in [0.5, 0.6) is 0 Å². The molecular formula is C20H25N5O2. The average molecular weight is 367 g/mol. The van der Waals surface area contributed by atoms with Gasteiger partial charge in [0.1, 0.15) is 5.65 Å². The molecule has 2 aliphatic heterocycles. The number of likely N-dealkylation sites (tertiary alicyclic amines) is 1. The number of rotatable bonds is 4. The van der Waals surface area contributed by atoms with Crippen molar-refractivity contribution in [3.63, 3.8) is 0 Å². The van der Waals surface area contributed by atoms with E-state index in [1.165, 1.54) is 0 Å². The van der Waals surface area contributed by atoms with Gasteiger partial charge in [0.15, 0.2) is 0 Å². The minimum absolute atomic E-state index is 0.0474. The number of carbonyl (C=O) groups is 2. The number of carbonyl (C=O) groups excluding carboxylic acids is 2. The minimum atomic E-state index is -0.499. The number of nitrogens with zero attached hydrogens (tertiary/aromatic N) is 3. The molecule has 2 amide bonds. The number of hydrogen-bond acceptors (Lipinski definition) is 4. The molecule has 2 N–H and O–H groups in total. The van der Waals surface area contributed by atoms with Crippen LogP contribution in [0.3, 0.4) is 0 Å². The van der Waals surface area contributed by atoms with E-state index in [4.69, 9.17) is 0 Å². The smallest absolute Gasteiger partial charge is 0.230 e. The molecule has 7 nitrogen and oxygen atoms in total. The molecule has 0 bridgehead atoms. The lowest BCUT2D eigenvalue weighted by Gasteiger charge is -2.26. The number of aromatic nitrogens is 2. The summed E-state index contributed by atoms with van der Waals surface area (Å²) in [5, 5.41) is 6.49. The van der Waals surface area contributed by atoms with E-state index >= 15 is 0 Å². The Bertz CT molecular complexity index is 918. The molecular weight excluding hydrogens is 342 g/mol. The van der Waals surface area contributed by atoms with Gasteiger partial charge in [0.2, 0.25) is 11.8 Å². The van der Waals surface area contributed by atoms with E-state index in [-0.39, 0.29) is 23.7 Å². The molecule has 142 valence electrons. The van der Waals surface area contributed by atoms with Crippen LogP contribution in [0.25, 0.3) is 5.65 Å². The van der Waals surface area contributed by atoms with Gasteiger partial charge in [-0.1, -0.05) is 6.07 Å². The van der Waals surface area contributed by atoms with Crippen LogP contribution in [0.1, 0.15) is 24.1 Å². The Morgan fingerprint density at radius 3 is 3.07 bits per heavy atom. The van der Waals surface area contributed by atoms with Crippen LogP contribution in [0.4, 0.5) is 0 Å². The molecule has 7 heteroatoms. The van der Waals surface area contributed by atoms with E-state index in [0.717, 1.165) is 36.3 Å². The summed E-state index contributed by atoms with van der Waals surface area (Å²) in [7, 11) is 0. The highest BCUT2D eigenvalue weighted by atomic mass is 16.2. The number of imidazole rings is 1. The quantitative estimate of drug-likeness (QED) is 0.835. The fourth-order valence-corrected chi connectivity index (χ4v) is 4.68. The highest BCUT2D eigenvalue weighted by Gasteiger charge is 2.56. The summed E-state index contributed by atoms with van der Waals surface area (Å²) in [5.41, 5.74) is 2.49. The van der Waals surface area contributed by atoms with Crippen molar-refractivity contribution in [3.8, 4) is 0 Å². The Kier molecular flexibility index (Phi) is 3.75. The maximum Gasteiger partial charge on any atom is 0.230 e. The van der Waals surface area contributed by atoms with Crippen LogP contribution in [0.15, 0.2) is 24.5 Å². The molecule has 27 heavy (non-hydrogen) atoms. The molecule has 0 radical (unpaired) electrons. The predicted octanol–water partition coefficient (Wildman–Crippen LogP) is 0.717. The van der Waals surface area contributed by atoms with Crippen molar-refractivity contribution >= 4 is 17.5 Å². The van der Waals surface area contributed by atoms with E-state index in [1.807, 2.05) is 40.8 Å². The Morgan fingerprint density at radius 1 is 1.41 bits per heavy atom. The molecule has 3 fully saturated rings. The molecule has 3 aliphatic rings. The second-order valence-corrected chi connectivity index (χ2v) is 8.29. The van der Waals surface area contributed by atoms with Crippen molar-refractivity contribution < 1.29 is 9.59 Å². The first-order valence-corrected chi connectivity index (χ1v) is 9.78. The van der Waals surface area contributed by atoms with E-state index in [9.17, 15) is 9.59 Å². The Morgan fingerprint density at radius 2 is 2.26 bits per heavy atom. The van der Waals surface area contributed by atoms with E-state index in [2.05, 4.69) is 15.6 Å². The molecule has 0 spiro atoms. The molecule has 4 heterocycles. The van der Waals surface area contributed by atoms with Gasteiger partial charge in [-0.05, 0) is 31.4 Å². The molecule has 0 unspecified atom stereocenters. The molecule has 2 aromatic rings. The van der Waals surface area contributed by atoms with Crippen LogP contribution >= 0.6 is 0 Å². The summed E-state index contributed by atoms with van der Waals surface area (Å²) in [4.78, 5) is 32.1. The predicted molar refractivity (Wildman–Crippen MR) is 99.9 cm³/mol. The largest absolute Gasteiger partial charge is 0.350 e. The monoisotopic (exact) mass is 367 g/mol. The molecule has 5 rings (SSSR count). The number of nitrogens with one attached hydrogen (secondary N) is 2. The summed E-state index contributed by atoms with van der Waals surface area (Å²) in [5.74, 6) is 0.697.